The second-order valence-electron chi connectivity index (χ2n) is 1.89. The van der Waals surface area contributed by atoms with Crippen molar-refractivity contribution in [3.63, 3.8) is 0 Å². The first kappa shape index (κ1) is 5.22. The number of pyridine rings is 1. The van der Waals surface area contributed by atoms with Gasteiger partial charge in [0.2, 0.25) is 0 Å². The van der Waals surface area contributed by atoms with Gasteiger partial charge in [-0.1, -0.05) is 0 Å². The molecule has 2 rings (SSSR count). The van der Waals surface area contributed by atoms with Gasteiger partial charge in [-0.25, -0.2) is 14.3 Å². The second kappa shape index (κ2) is 1.70. The number of aromatic amines is 1. The van der Waals surface area contributed by atoms with E-state index in [1.807, 2.05) is 0 Å². The molecule has 0 bridgehead atoms. The molecule has 10 heavy (non-hydrogen) atoms. The number of fused-ring (bicyclic) bond motifs is 1. The zero-order valence-corrected chi connectivity index (χ0v) is 5.03. The van der Waals surface area contributed by atoms with Crippen LogP contribution in [0.15, 0.2) is 23.1 Å². The lowest BCUT2D eigenvalue weighted by Crippen LogP contribution is -2.07. The standard InChI is InChI=1S/C6H4N3O/c10-6-8-7-5-3-1-2-4-9(5)6/h1,3-4H,(H,8,10). The number of hydrogen-bond donors (Lipinski definition) is 1. The van der Waals surface area contributed by atoms with Gasteiger partial charge in [0.25, 0.3) is 0 Å². The number of hydrogen-bond acceptors (Lipinski definition) is 2. The van der Waals surface area contributed by atoms with E-state index in [0.717, 1.165) is 0 Å². The number of aromatic nitrogens is 3. The van der Waals surface area contributed by atoms with Gasteiger partial charge in [0.1, 0.15) is 0 Å². The molecule has 0 atom stereocenters. The quantitative estimate of drug-likeness (QED) is 0.543. The van der Waals surface area contributed by atoms with Crippen molar-refractivity contribution >= 4 is 5.65 Å². The molecule has 0 saturated carbocycles. The predicted octanol–water partition coefficient (Wildman–Crippen LogP) is -0.177. The first-order valence-electron chi connectivity index (χ1n) is 2.81. The Labute approximate surface area is 56.1 Å². The molecule has 2 aromatic rings. The van der Waals surface area contributed by atoms with Gasteiger partial charge in [-0.2, -0.15) is 5.10 Å². The lowest BCUT2D eigenvalue weighted by atomic mass is 10.5. The summed E-state index contributed by atoms with van der Waals surface area (Å²) >= 11 is 0. The minimum absolute atomic E-state index is 0.230. The van der Waals surface area contributed by atoms with Crippen LogP contribution in [0.1, 0.15) is 0 Å². The average molecular weight is 134 g/mol. The van der Waals surface area contributed by atoms with Crippen LogP contribution in [-0.2, 0) is 0 Å². The summed E-state index contributed by atoms with van der Waals surface area (Å²) < 4.78 is 1.39. The van der Waals surface area contributed by atoms with Gasteiger partial charge in [0, 0.05) is 12.3 Å². The van der Waals surface area contributed by atoms with Crippen LogP contribution >= 0.6 is 0 Å². The molecular weight excluding hydrogens is 130 g/mol. The number of H-pyrrole nitrogens is 1. The molecule has 0 amide bonds. The molecule has 0 unspecified atom stereocenters. The molecule has 0 saturated heterocycles. The third kappa shape index (κ3) is 0.556. The fourth-order valence-corrected chi connectivity index (χ4v) is 0.799. The molecule has 4 heteroatoms. The largest absolute Gasteiger partial charge is 0.347 e. The van der Waals surface area contributed by atoms with E-state index >= 15 is 0 Å². The summed E-state index contributed by atoms with van der Waals surface area (Å²) in [6, 6.07) is 6.18. The number of nitrogens with zero attached hydrogens (tertiary/aromatic N) is 2. The lowest BCUT2D eigenvalue weighted by molar-refractivity contribution is 1.02. The summed E-state index contributed by atoms with van der Waals surface area (Å²) in [5, 5.41) is 6.04. The van der Waals surface area contributed by atoms with E-state index in [1.54, 1.807) is 18.3 Å². The van der Waals surface area contributed by atoms with Gasteiger partial charge in [-0.15, -0.1) is 0 Å². The first-order valence-corrected chi connectivity index (χ1v) is 2.81. The molecule has 1 N–H and O–H groups in total. The van der Waals surface area contributed by atoms with E-state index in [4.69, 9.17) is 0 Å². The summed E-state index contributed by atoms with van der Waals surface area (Å²) in [4.78, 5) is 10.8. The minimum Gasteiger partial charge on any atom is -0.250 e. The normalized spacial score (nSPS) is 10.4. The molecule has 0 fully saturated rings. The first-order chi connectivity index (χ1) is 4.88. The molecule has 0 aliphatic carbocycles. The molecular formula is C6H4N3O. The Kier molecular flexibility index (Phi) is 0.887. The molecule has 1 radical (unpaired) electrons. The highest BCUT2D eigenvalue weighted by Gasteiger charge is 1.93. The summed E-state index contributed by atoms with van der Waals surface area (Å²) in [7, 11) is 0. The smallest absolute Gasteiger partial charge is 0.250 e. The highest BCUT2D eigenvalue weighted by atomic mass is 16.1. The lowest BCUT2D eigenvalue weighted by Gasteiger charge is -1.83. The van der Waals surface area contributed by atoms with Crippen LogP contribution in [0.3, 0.4) is 0 Å². The molecule has 0 aromatic carbocycles. The minimum atomic E-state index is -0.230. The van der Waals surface area contributed by atoms with Crippen LogP contribution < -0.4 is 5.69 Å². The fraction of sp³-hybridized carbons (Fsp3) is 0. The summed E-state index contributed by atoms with van der Waals surface area (Å²) in [5.41, 5.74) is 0.385. The fourth-order valence-electron chi connectivity index (χ4n) is 0.799. The van der Waals surface area contributed by atoms with Crippen molar-refractivity contribution in [2.75, 3.05) is 0 Å². The van der Waals surface area contributed by atoms with Crippen molar-refractivity contribution < 1.29 is 0 Å². The Morgan fingerprint density at radius 3 is 3.40 bits per heavy atom. The van der Waals surface area contributed by atoms with Crippen molar-refractivity contribution in [3.05, 3.63) is 34.9 Å². The Hall–Kier alpha value is -1.58. The molecule has 0 spiro atoms. The highest BCUT2D eigenvalue weighted by Crippen LogP contribution is 1.90. The molecule has 2 aromatic heterocycles. The SMILES string of the molecule is O=c1[nH]nc2cc[c]cn12. The van der Waals surface area contributed by atoms with Gasteiger partial charge in [-0.05, 0) is 12.1 Å². The topological polar surface area (TPSA) is 50.2 Å². The molecule has 0 aliphatic rings. The van der Waals surface area contributed by atoms with Crippen molar-refractivity contribution in [1.29, 1.82) is 0 Å². The van der Waals surface area contributed by atoms with E-state index in [9.17, 15) is 4.79 Å². The third-order valence-electron chi connectivity index (χ3n) is 1.26. The van der Waals surface area contributed by atoms with E-state index in [2.05, 4.69) is 16.3 Å². The Morgan fingerprint density at radius 1 is 1.70 bits per heavy atom. The summed E-state index contributed by atoms with van der Waals surface area (Å²) in [6.07, 6.45) is 1.54. The average Bonchev–Trinajstić information content (AvgIpc) is 2.34. The zero-order chi connectivity index (χ0) is 6.97. The van der Waals surface area contributed by atoms with Crippen LogP contribution in [0.5, 0.6) is 0 Å². The Morgan fingerprint density at radius 2 is 2.60 bits per heavy atom. The van der Waals surface area contributed by atoms with Crippen LogP contribution in [0.4, 0.5) is 0 Å². The van der Waals surface area contributed by atoms with E-state index in [1.165, 1.54) is 4.40 Å². The van der Waals surface area contributed by atoms with Gasteiger partial charge in [-0.3, -0.25) is 0 Å². The monoisotopic (exact) mass is 134 g/mol. The number of nitrogens with one attached hydrogen (secondary N) is 1. The van der Waals surface area contributed by atoms with Crippen molar-refractivity contribution in [2.24, 2.45) is 0 Å². The van der Waals surface area contributed by atoms with E-state index < -0.39 is 0 Å². The van der Waals surface area contributed by atoms with E-state index in [-0.39, 0.29) is 5.69 Å². The highest BCUT2D eigenvalue weighted by molar-refractivity contribution is 5.34. The van der Waals surface area contributed by atoms with Crippen LogP contribution in [0.2, 0.25) is 0 Å². The van der Waals surface area contributed by atoms with Gasteiger partial charge in [0.15, 0.2) is 5.65 Å². The number of rotatable bonds is 0. The van der Waals surface area contributed by atoms with Gasteiger partial charge in [0.05, 0.1) is 0 Å². The zero-order valence-electron chi connectivity index (χ0n) is 5.03. The van der Waals surface area contributed by atoms with Crippen LogP contribution in [-0.4, -0.2) is 14.6 Å². The van der Waals surface area contributed by atoms with Crippen molar-refractivity contribution in [2.45, 2.75) is 0 Å². The predicted molar refractivity (Wildman–Crippen MR) is 34.6 cm³/mol. The summed E-state index contributed by atoms with van der Waals surface area (Å²) in [5.74, 6) is 0. The molecule has 4 nitrogen and oxygen atoms in total. The molecule has 2 heterocycles. The molecule has 0 aliphatic heterocycles. The molecule has 49 valence electrons. The summed E-state index contributed by atoms with van der Waals surface area (Å²) in [6.45, 7) is 0. The van der Waals surface area contributed by atoms with Crippen molar-refractivity contribution in [1.82, 2.24) is 14.6 Å². The van der Waals surface area contributed by atoms with Crippen LogP contribution in [0, 0.1) is 6.07 Å². The maximum atomic E-state index is 10.8. The van der Waals surface area contributed by atoms with Gasteiger partial charge < -0.3 is 0 Å². The Bertz CT molecular complexity index is 400. The second-order valence-corrected chi connectivity index (χ2v) is 1.89. The van der Waals surface area contributed by atoms with Crippen molar-refractivity contribution in [3.8, 4) is 0 Å². The maximum absolute atomic E-state index is 10.8. The Balaban J connectivity index is 3.07. The van der Waals surface area contributed by atoms with E-state index in [0.29, 0.717) is 5.65 Å². The van der Waals surface area contributed by atoms with Gasteiger partial charge >= 0.3 is 5.69 Å². The van der Waals surface area contributed by atoms with Crippen LogP contribution in [0.25, 0.3) is 5.65 Å². The third-order valence-corrected chi connectivity index (χ3v) is 1.26. The maximum Gasteiger partial charge on any atom is 0.347 e.